The molecule has 0 fully saturated rings. The highest BCUT2D eigenvalue weighted by Crippen LogP contribution is 2.22. The summed E-state index contributed by atoms with van der Waals surface area (Å²) in [5.74, 6) is 6.52. The first-order valence-corrected chi connectivity index (χ1v) is 12.7. The molecule has 0 N–H and O–H groups in total. The van der Waals surface area contributed by atoms with Gasteiger partial charge in [-0.2, -0.15) is 0 Å². The predicted octanol–water partition coefficient (Wildman–Crippen LogP) is 9.02. The normalized spacial score (nSPS) is 10.1. The zero-order valence-corrected chi connectivity index (χ0v) is 22.3. The fourth-order valence-corrected chi connectivity index (χ4v) is 3.68. The summed E-state index contributed by atoms with van der Waals surface area (Å²) < 4.78 is 5.61. The molecular weight excluding hydrogens is 462 g/mol. The van der Waals surface area contributed by atoms with Gasteiger partial charge in [-0.3, -0.25) is 4.90 Å². The van der Waals surface area contributed by atoms with Gasteiger partial charge in [-0.05, 0) is 43.3 Å². The van der Waals surface area contributed by atoms with Gasteiger partial charge in [0.25, 0.3) is 0 Å². The Morgan fingerprint density at radius 1 is 0.763 bits per heavy atom. The maximum Gasteiger partial charge on any atom is 0.134 e. The number of furan rings is 1. The lowest BCUT2D eigenvalue weighted by Crippen LogP contribution is -2.17. The summed E-state index contributed by atoms with van der Waals surface area (Å²) in [7, 11) is 2.08. The Hall–Kier alpha value is -4.58. The van der Waals surface area contributed by atoms with Crippen molar-refractivity contribution in [2.24, 2.45) is 0 Å². The van der Waals surface area contributed by atoms with Gasteiger partial charge in [-0.1, -0.05) is 134 Å². The van der Waals surface area contributed by atoms with Gasteiger partial charge in [0.2, 0.25) is 0 Å². The highest BCUT2D eigenvalue weighted by molar-refractivity contribution is 5.80. The van der Waals surface area contributed by atoms with Gasteiger partial charge in [-0.15, -0.1) is 0 Å². The van der Waals surface area contributed by atoms with E-state index >= 15 is 0 Å². The van der Waals surface area contributed by atoms with Crippen LogP contribution in [-0.2, 0) is 6.54 Å². The summed E-state index contributed by atoms with van der Waals surface area (Å²) in [6.07, 6.45) is 7.42. The third kappa shape index (κ3) is 9.47. The number of fused-ring (bicyclic) bond motifs is 1. The molecule has 0 bridgehead atoms. The number of rotatable bonds is 5. The van der Waals surface area contributed by atoms with E-state index in [0.29, 0.717) is 6.54 Å². The standard InChI is InChI=1S/C25H21NO.C6H6.C5H8/c1-26(18-23-19-27-25-12-6-5-11-24(23)25)17-7-8-20-13-15-22(16-14-20)21-9-3-2-4-10-21;1-2-4-6-5-3-1;1-3-5-4-2/h2-6,9-16,19H,17-18H2,1H3;1-6H;3-5H,1H2,2H3/b;;5-4-. The Morgan fingerprint density at radius 3 is 1.95 bits per heavy atom. The van der Waals surface area contributed by atoms with Gasteiger partial charge >= 0.3 is 0 Å². The molecule has 0 atom stereocenters. The molecule has 1 aromatic heterocycles. The maximum atomic E-state index is 5.61. The topological polar surface area (TPSA) is 16.4 Å². The second kappa shape index (κ2) is 16.2. The molecular formula is C36H35NO. The minimum absolute atomic E-state index is 0.708. The second-order valence-electron chi connectivity index (χ2n) is 8.59. The van der Waals surface area contributed by atoms with Crippen LogP contribution in [0.25, 0.3) is 22.1 Å². The average molecular weight is 498 g/mol. The van der Waals surface area contributed by atoms with Gasteiger partial charge < -0.3 is 4.42 Å². The Kier molecular flexibility index (Phi) is 12.0. The lowest BCUT2D eigenvalue weighted by atomic mass is 10.0. The van der Waals surface area contributed by atoms with Gasteiger partial charge in [0.15, 0.2) is 0 Å². The smallest absolute Gasteiger partial charge is 0.134 e. The minimum atomic E-state index is 0.708. The number of benzene rings is 4. The van der Waals surface area contributed by atoms with E-state index in [0.717, 1.165) is 17.7 Å². The van der Waals surface area contributed by atoms with Crippen molar-refractivity contribution in [2.45, 2.75) is 13.5 Å². The fourth-order valence-electron chi connectivity index (χ4n) is 3.68. The molecule has 0 aliphatic rings. The first-order chi connectivity index (χ1) is 18.7. The third-order valence-corrected chi connectivity index (χ3v) is 5.57. The Bertz CT molecular complexity index is 1410. The van der Waals surface area contributed by atoms with E-state index in [9.17, 15) is 0 Å². The molecule has 0 saturated carbocycles. The lowest BCUT2D eigenvalue weighted by molar-refractivity contribution is 0.368. The van der Waals surface area contributed by atoms with Crippen molar-refractivity contribution in [1.29, 1.82) is 0 Å². The van der Waals surface area contributed by atoms with Gasteiger partial charge in [0, 0.05) is 23.1 Å². The molecule has 0 spiro atoms. The lowest BCUT2D eigenvalue weighted by Gasteiger charge is -2.11. The van der Waals surface area contributed by atoms with Crippen LogP contribution in [0.15, 0.2) is 151 Å². The van der Waals surface area contributed by atoms with Crippen LogP contribution >= 0.6 is 0 Å². The molecule has 190 valence electrons. The molecule has 38 heavy (non-hydrogen) atoms. The molecule has 0 aliphatic carbocycles. The second-order valence-corrected chi connectivity index (χ2v) is 8.59. The largest absolute Gasteiger partial charge is 0.464 e. The summed E-state index contributed by atoms with van der Waals surface area (Å²) in [5.41, 5.74) is 5.61. The van der Waals surface area contributed by atoms with Gasteiger partial charge in [0.05, 0.1) is 12.8 Å². The molecule has 0 saturated heterocycles. The molecule has 0 aliphatic heterocycles. The first-order valence-electron chi connectivity index (χ1n) is 12.7. The van der Waals surface area contributed by atoms with Crippen LogP contribution in [0.2, 0.25) is 0 Å². The summed E-state index contributed by atoms with van der Waals surface area (Å²) in [4.78, 5) is 2.20. The van der Waals surface area contributed by atoms with Crippen LogP contribution in [-0.4, -0.2) is 18.5 Å². The molecule has 1 heterocycles. The van der Waals surface area contributed by atoms with Crippen LogP contribution in [0.5, 0.6) is 0 Å². The molecule has 5 aromatic rings. The van der Waals surface area contributed by atoms with E-state index in [4.69, 9.17) is 4.42 Å². The van der Waals surface area contributed by atoms with E-state index in [1.807, 2.05) is 86.0 Å². The Balaban J connectivity index is 0.000000304. The molecule has 0 unspecified atom stereocenters. The van der Waals surface area contributed by atoms with E-state index in [1.165, 1.54) is 22.1 Å². The minimum Gasteiger partial charge on any atom is -0.464 e. The molecule has 4 aromatic carbocycles. The van der Waals surface area contributed by atoms with E-state index in [-0.39, 0.29) is 0 Å². The fraction of sp³-hybridized carbons (Fsp3) is 0.111. The molecule has 0 radical (unpaired) electrons. The first kappa shape index (κ1) is 28.0. The van der Waals surface area contributed by atoms with Gasteiger partial charge in [0.1, 0.15) is 5.58 Å². The SMILES string of the molecule is C=C/C=C\C.CN(CC#Cc1ccc(-c2ccccc2)cc1)Cc1coc2ccccc12.c1ccccc1. The quantitative estimate of drug-likeness (QED) is 0.178. The Morgan fingerprint density at radius 2 is 1.34 bits per heavy atom. The highest BCUT2D eigenvalue weighted by atomic mass is 16.3. The monoisotopic (exact) mass is 497 g/mol. The zero-order valence-electron chi connectivity index (χ0n) is 22.3. The number of hydrogen-bond acceptors (Lipinski definition) is 2. The van der Waals surface area contributed by atoms with Crippen molar-refractivity contribution in [3.05, 3.63) is 157 Å². The number of allylic oxidation sites excluding steroid dienone is 3. The number of hydrogen-bond donors (Lipinski definition) is 0. The predicted molar refractivity (Wildman–Crippen MR) is 163 cm³/mol. The van der Waals surface area contributed by atoms with Gasteiger partial charge in [-0.25, -0.2) is 0 Å². The number of para-hydroxylation sites is 1. The molecule has 2 heteroatoms. The van der Waals surface area contributed by atoms with Crippen molar-refractivity contribution in [1.82, 2.24) is 4.90 Å². The summed E-state index contributed by atoms with van der Waals surface area (Å²) in [5, 5.41) is 1.17. The Labute approximate surface area is 227 Å². The molecule has 0 amide bonds. The van der Waals surface area contributed by atoms with Crippen LogP contribution < -0.4 is 0 Å². The van der Waals surface area contributed by atoms with E-state index in [1.54, 1.807) is 6.08 Å². The number of nitrogens with zero attached hydrogens (tertiary/aromatic N) is 1. The maximum absolute atomic E-state index is 5.61. The van der Waals surface area contributed by atoms with Crippen LogP contribution in [0.3, 0.4) is 0 Å². The summed E-state index contributed by atoms with van der Waals surface area (Å²) in [6.45, 7) is 6.95. The van der Waals surface area contributed by atoms with Crippen molar-refractivity contribution in [3.63, 3.8) is 0 Å². The molecule has 2 nitrogen and oxygen atoms in total. The van der Waals surface area contributed by atoms with Crippen LogP contribution in [0.4, 0.5) is 0 Å². The molecule has 5 rings (SSSR count). The van der Waals surface area contributed by atoms with E-state index < -0.39 is 0 Å². The highest BCUT2D eigenvalue weighted by Gasteiger charge is 2.07. The van der Waals surface area contributed by atoms with Crippen molar-refractivity contribution in [2.75, 3.05) is 13.6 Å². The van der Waals surface area contributed by atoms with Crippen LogP contribution in [0.1, 0.15) is 18.1 Å². The van der Waals surface area contributed by atoms with Crippen LogP contribution in [0, 0.1) is 11.8 Å². The van der Waals surface area contributed by atoms with Crippen molar-refractivity contribution in [3.8, 4) is 23.0 Å². The average Bonchev–Trinajstić information content (AvgIpc) is 3.38. The summed E-state index contributed by atoms with van der Waals surface area (Å²) in [6, 6.07) is 38.9. The van der Waals surface area contributed by atoms with Crippen molar-refractivity contribution >= 4 is 11.0 Å². The van der Waals surface area contributed by atoms with E-state index in [2.05, 4.69) is 85.0 Å². The van der Waals surface area contributed by atoms with Crippen molar-refractivity contribution < 1.29 is 4.42 Å². The third-order valence-electron chi connectivity index (χ3n) is 5.57. The summed E-state index contributed by atoms with van der Waals surface area (Å²) >= 11 is 0. The zero-order chi connectivity index (χ0) is 26.8.